The molecule has 1 aliphatic rings. The molecule has 1 aliphatic heterocycles. The average molecular weight is 441 g/mol. The summed E-state index contributed by atoms with van der Waals surface area (Å²) in [4.78, 5) is 7.88. The van der Waals surface area contributed by atoms with Crippen LogP contribution in [0.1, 0.15) is 88.5 Å². The van der Waals surface area contributed by atoms with E-state index < -0.39 is 0 Å². The predicted molar refractivity (Wildman–Crippen MR) is 144 cm³/mol. The molecule has 3 aromatic rings. The van der Waals surface area contributed by atoms with Gasteiger partial charge in [-0.05, 0) is 36.5 Å². The van der Waals surface area contributed by atoms with Crippen molar-refractivity contribution in [2.24, 2.45) is 0 Å². The molecule has 2 aromatic carbocycles. The molecule has 0 fully saturated rings. The minimum Gasteiger partial charge on any atom is -0.359 e. The van der Waals surface area contributed by atoms with Crippen molar-refractivity contribution >= 4 is 22.7 Å². The number of aromatic nitrogens is 1. The van der Waals surface area contributed by atoms with Gasteiger partial charge >= 0.3 is 0 Å². The van der Waals surface area contributed by atoms with Crippen molar-refractivity contribution in [2.75, 3.05) is 4.90 Å². The van der Waals surface area contributed by atoms with Crippen molar-refractivity contribution in [2.45, 2.75) is 90.6 Å². The fourth-order valence-electron chi connectivity index (χ4n) is 5.03. The van der Waals surface area contributed by atoms with Crippen LogP contribution in [0.4, 0.5) is 5.69 Å². The van der Waals surface area contributed by atoms with Crippen LogP contribution in [0.3, 0.4) is 0 Å². The highest BCUT2D eigenvalue weighted by molar-refractivity contribution is 5.97. The second kappa shape index (κ2) is 12.0. The molecule has 0 spiro atoms. The van der Waals surface area contributed by atoms with Crippen LogP contribution in [0.15, 0.2) is 60.7 Å². The summed E-state index contributed by atoms with van der Waals surface area (Å²) < 4.78 is 0. The molecular formula is C31H40N2. The fourth-order valence-corrected chi connectivity index (χ4v) is 5.03. The number of rotatable bonds is 12. The first-order valence-corrected chi connectivity index (χ1v) is 13.2. The highest BCUT2D eigenvalue weighted by Gasteiger charge is 2.25. The van der Waals surface area contributed by atoms with Crippen LogP contribution in [0.5, 0.6) is 0 Å². The number of hydrogen-bond donors (Lipinski definition) is 0. The van der Waals surface area contributed by atoms with E-state index in [0.717, 1.165) is 13.0 Å². The van der Waals surface area contributed by atoms with Crippen molar-refractivity contribution in [3.8, 4) is 0 Å². The van der Waals surface area contributed by atoms with Crippen LogP contribution >= 0.6 is 0 Å². The van der Waals surface area contributed by atoms with Gasteiger partial charge in [0.25, 0.3) is 0 Å². The lowest BCUT2D eigenvalue weighted by Crippen LogP contribution is -2.36. The first-order chi connectivity index (χ1) is 16.3. The normalized spacial score (nSPS) is 15.2. The predicted octanol–water partition coefficient (Wildman–Crippen LogP) is 8.73. The number of nitrogens with zero attached hydrogens (tertiary/aromatic N) is 2. The van der Waals surface area contributed by atoms with Crippen molar-refractivity contribution in [1.29, 1.82) is 0 Å². The van der Waals surface area contributed by atoms with Crippen molar-refractivity contribution in [3.63, 3.8) is 0 Å². The van der Waals surface area contributed by atoms with Gasteiger partial charge in [0.15, 0.2) is 0 Å². The van der Waals surface area contributed by atoms with Crippen LogP contribution in [-0.2, 0) is 13.0 Å². The minimum absolute atomic E-state index is 0.426. The highest BCUT2D eigenvalue weighted by atomic mass is 15.2. The number of unbranched alkanes of at least 4 members (excludes halogenated alkanes) is 6. The molecule has 0 aliphatic carbocycles. The number of benzene rings is 2. The average Bonchev–Trinajstić information content (AvgIpc) is 2.85. The first kappa shape index (κ1) is 23.5. The van der Waals surface area contributed by atoms with Gasteiger partial charge in [0, 0.05) is 23.7 Å². The van der Waals surface area contributed by atoms with E-state index in [1.165, 1.54) is 91.2 Å². The van der Waals surface area contributed by atoms with E-state index in [-0.39, 0.29) is 0 Å². The summed E-state index contributed by atoms with van der Waals surface area (Å²) in [5, 5.41) is 1.25. The largest absolute Gasteiger partial charge is 0.359 e. The van der Waals surface area contributed by atoms with Crippen molar-refractivity contribution in [3.05, 3.63) is 77.5 Å². The van der Waals surface area contributed by atoms with E-state index in [4.69, 9.17) is 4.98 Å². The van der Waals surface area contributed by atoms with E-state index in [9.17, 15) is 0 Å². The first-order valence-electron chi connectivity index (χ1n) is 13.2. The highest BCUT2D eigenvalue weighted by Crippen LogP contribution is 2.38. The van der Waals surface area contributed by atoms with Gasteiger partial charge in [0.05, 0.1) is 11.2 Å². The molecule has 0 bridgehead atoms. The molecule has 2 heterocycles. The summed E-state index contributed by atoms with van der Waals surface area (Å²) in [7, 11) is 0. The molecule has 1 aromatic heterocycles. The van der Waals surface area contributed by atoms with Crippen molar-refractivity contribution < 1.29 is 0 Å². The lowest BCUT2D eigenvalue weighted by atomic mass is 9.95. The SMILES string of the molecule is CCCCCCc1ccc2ccc3c(c2n1)N(Cc1ccccc1)C(CCCCCC)C=C3. The Hall–Kier alpha value is -2.61. The number of fused-ring (bicyclic) bond motifs is 3. The van der Waals surface area contributed by atoms with Crippen molar-refractivity contribution in [1.82, 2.24) is 4.98 Å². The van der Waals surface area contributed by atoms with E-state index in [1.807, 2.05) is 0 Å². The molecule has 0 saturated carbocycles. The zero-order valence-corrected chi connectivity index (χ0v) is 20.6. The quantitative estimate of drug-likeness (QED) is 0.262. The Labute approximate surface area is 200 Å². The fraction of sp³-hybridized carbons (Fsp3) is 0.452. The monoisotopic (exact) mass is 440 g/mol. The Morgan fingerprint density at radius 2 is 1.55 bits per heavy atom. The standard InChI is InChI=1S/C31H40N2/c1-3-5-7-12-16-28-22-20-26-18-19-27-21-23-29(17-13-8-6-4-2)33(31(27)30(26)32-28)24-25-14-10-9-11-15-25/h9-11,14-15,18-23,29H,3-8,12-13,16-17,24H2,1-2H3. The smallest absolute Gasteiger partial charge is 0.0945 e. The summed E-state index contributed by atoms with van der Waals surface area (Å²) in [6.07, 6.45) is 17.4. The van der Waals surface area contributed by atoms with E-state index in [2.05, 4.69) is 85.5 Å². The lowest BCUT2D eigenvalue weighted by Gasteiger charge is -2.37. The van der Waals surface area contributed by atoms with Gasteiger partial charge < -0.3 is 4.90 Å². The Morgan fingerprint density at radius 1 is 0.788 bits per heavy atom. The molecule has 174 valence electrons. The molecule has 1 unspecified atom stereocenters. The Balaban J connectivity index is 1.67. The molecule has 0 amide bonds. The molecular weight excluding hydrogens is 400 g/mol. The number of anilines is 1. The summed E-state index contributed by atoms with van der Waals surface area (Å²) in [5.74, 6) is 0. The topological polar surface area (TPSA) is 16.1 Å². The minimum atomic E-state index is 0.426. The number of hydrogen-bond acceptors (Lipinski definition) is 2. The molecule has 1 atom stereocenters. The third-order valence-electron chi connectivity index (χ3n) is 6.95. The summed E-state index contributed by atoms with van der Waals surface area (Å²) in [6.45, 7) is 5.49. The number of pyridine rings is 1. The van der Waals surface area contributed by atoms with E-state index in [0.29, 0.717) is 6.04 Å². The molecule has 0 saturated heterocycles. The van der Waals surface area contributed by atoms with Crippen LogP contribution in [0.25, 0.3) is 17.0 Å². The van der Waals surface area contributed by atoms with Gasteiger partial charge in [0.1, 0.15) is 0 Å². The van der Waals surface area contributed by atoms with E-state index >= 15 is 0 Å². The lowest BCUT2D eigenvalue weighted by molar-refractivity contribution is 0.564. The van der Waals surface area contributed by atoms with E-state index in [1.54, 1.807) is 0 Å². The molecule has 2 nitrogen and oxygen atoms in total. The van der Waals surface area contributed by atoms with Gasteiger partial charge in [0.2, 0.25) is 0 Å². The maximum absolute atomic E-state index is 5.25. The maximum atomic E-state index is 5.25. The summed E-state index contributed by atoms with van der Waals surface area (Å²) in [5.41, 5.74) is 6.42. The molecule has 33 heavy (non-hydrogen) atoms. The zero-order chi connectivity index (χ0) is 22.9. The van der Waals surface area contributed by atoms with Crippen LogP contribution in [-0.4, -0.2) is 11.0 Å². The van der Waals surface area contributed by atoms with Gasteiger partial charge in [-0.15, -0.1) is 0 Å². The third-order valence-corrected chi connectivity index (χ3v) is 6.95. The second-order valence-electron chi connectivity index (χ2n) is 9.58. The van der Waals surface area contributed by atoms with Gasteiger partial charge in [-0.1, -0.05) is 119 Å². The molecule has 0 radical (unpaired) electrons. The van der Waals surface area contributed by atoms with Gasteiger partial charge in [-0.2, -0.15) is 0 Å². The zero-order valence-electron chi connectivity index (χ0n) is 20.6. The van der Waals surface area contributed by atoms with Gasteiger partial charge in [-0.25, -0.2) is 0 Å². The van der Waals surface area contributed by atoms with Crippen LogP contribution in [0, 0.1) is 0 Å². The molecule has 4 rings (SSSR count). The summed E-state index contributed by atoms with van der Waals surface area (Å²) >= 11 is 0. The Bertz CT molecular complexity index is 1040. The number of aryl methyl sites for hydroxylation is 1. The molecule has 2 heteroatoms. The summed E-state index contributed by atoms with van der Waals surface area (Å²) in [6, 6.07) is 20.4. The Morgan fingerprint density at radius 3 is 2.33 bits per heavy atom. The second-order valence-corrected chi connectivity index (χ2v) is 9.58. The Kier molecular flexibility index (Phi) is 8.58. The van der Waals surface area contributed by atoms with Crippen LogP contribution in [0.2, 0.25) is 0 Å². The molecule has 0 N–H and O–H groups in total. The third kappa shape index (κ3) is 6.05. The van der Waals surface area contributed by atoms with Crippen LogP contribution < -0.4 is 4.90 Å². The maximum Gasteiger partial charge on any atom is 0.0945 e. The van der Waals surface area contributed by atoms with Gasteiger partial charge in [-0.3, -0.25) is 4.98 Å².